The lowest BCUT2D eigenvalue weighted by atomic mass is 10.1. The van der Waals surface area contributed by atoms with Gasteiger partial charge in [0.1, 0.15) is 0 Å². The molecule has 2 aliphatic heterocycles. The van der Waals surface area contributed by atoms with E-state index >= 15 is 0 Å². The summed E-state index contributed by atoms with van der Waals surface area (Å²) in [5.41, 5.74) is 0.142. The fraction of sp³-hybridized carbons (Fsp3) is 0.619. The third-order valence-corrected chi connectivity index (χ3v) is 7.45. The van der Waals surface area contributed by atoms with Crippen LogP contribution in [0.25, 0.3) is 0 Å². The van der Waals surface area contributed by atoms with Gasteiger partial charge in [-0.25, -0.2) is 13.2 Å². The Hall–Kier alpha value is -1.93. The molecule has 0 N–H and O–H groups in total. The van der Waals surface area contributed by atoms with E-state index in [1.165, 1.54) is 35.0 Å². The van der Waals surface area contributed by atoms with Crippen LogP contribution < -0.4 is 0 Å². The van der Waals surface area contributed by atoms with Gasteiger partial charge in [-0.2, -0.15) is 4.31 Å². The van der Waals surface area contributed by atoms with E-state index in [9.17, 15) is 18.0 Å². The SMILES string of the molecule is O=C(OCC(=O)N1CCCCCCC1)c1cccc(S(=O)(=O)N2CCCCC2)c1. The predicted octanol–water partition coefficient (Wildman–Crippen LogP) is 2.81. The average molecular weight is 423 g/mol. The van der Waals surface area contributed by atoms with Crippen molar-refractivity contribution in [1.82, 2.24) is 9.21 Å². The van der Waals surface area contributed by atoms with Gasteiger partial charge in [0.05, 0.1) is 10.5 Å². The van der Waals surface area contributed by atoms with Crippen molar-refractivity contribution >= 4 is 21.9 Å². The number of amides is 1. The van der Waals surface area contributed by atoms with Gasteiger partial charge in [0.15, 0.2) is 6.61 Å². The number of hydrogen-bond acceptors (Lipinski definition) is 5. The second kappa shape index (κ2) is 10.2. The van der Waals surface area contributed by atoms with E-state index in [0.717, 1.165) is 44.9 Å². The van der Waals surface area contributed by atoms with Crippen molar-refractivity contribution in [2.75, 3.05) is 32.8 Å². The first kappa shape index (κ1) is 21.8. The lowest BCUT2D eigenvalue weighted by Gasteiger charge is -2.26. The van der Waals surface area contributed by atoms with Gasteiger partial charge in [-0.3, -0.25) is 4.79 Å². The summed E-state index contributed by atoms with van der Waals surface area (Å²) in [5.74, 6) is -0.876. The zero-order chi connectivity index (χ0) is 20.7. The lowest BCUT2D eigenvalue weighted by Crippen LogP contribution is -2.37. The van der Waals surface area contributed by atoms with Crippen LogP contribution in [0.2, 0.25) is 0 Å². The number of benzene rings is 1. The topological polar surface area (TPSA) is 84.0 Å². The Labute approximate surface area is 173 Å². The number of sulfonamides is 1. The highest BCUT2D eigenvalue weighted by molar-refractivity contribution is 7.89. The van der Waals surface area contributed by atoms with Crippen LogP contribution in [0.15, 0.2) is 29.2 Å². The van der Waals surface area contributed by atoms with Crippen LogP contribution in [-0.4, -0.2) is 62.3 Å². The summed E-state index contributed by atoms with van der Waals surface area (Å²) >= 11 is 0. The van der Waals surface area contributed by atoms with E-state index < -0.39 is 16.0 Å². The third kappa shape index (κ3) is 5.79. The fourth-order valence-corrected chi connectivity index (χ4v) is 5.40. The van der Waals surface area contributed by atoms with Crippen molar-refractivity contribution in [3.8, 4) is 0 Å². The number of ether oxygens (including phenoxy) is 1. The minimum atomic E-state index is -3.62. The summed E-state index contributed by atoms with van der Waals surface area (Å²) < 4.78 is 32.3. The van der Waals surface area contributed by atoms with Crippen LogP contribution in [0.4, 0.5) is 0 Å². The van der Waals surface area contributed by atoms with E-state index in [0.29, 0.717) is 26.2 Å². The molecule has 1 aromatic rings. The minimum absolute atomic E-state index is 0.0870. The summed E-state index contributed by atoms with van der Waals surface area (Å²) in [6, 6.07) is 5.88. The van der Waals surface area contributed by atoms with Gasteiger partial charge in [0.2, 0.25) is 10.0 Å². The molecular weight excluding hydrogens is 392 g/mol. The van der Waals surface area contributed by atoms with Gasteiger partial charge in [-0.1, -0.05) is 31.7 Å². The highest BCUT2D eigenvalue weighted by Gasteiger charge is 2.27. The molecule has 7 nitrogen and oxygen atoms in total. The number of likely N-dealkylation sites (tertiary alicyclic amines) is 1. The molecule has 0 bridgehead atoms. The van der Waals surface area contributed by atoms with E-state index in [1.807, 2.05) is 0 Å². The van der Waals surface area contributed by atoms with Gasteiger partial charge in [-0.05, 0) is 43.9 Å². The van der Waals surface area contributed by atoms with Gasteiger partial charge in [0.25, 0.3) is 5.91 Å². The molecule has 2 aliphatic rings. The van der Waals surface area contributed by atoms with Crippen molar-refractivity contribution in [3.05, 3.63) is 29.8 Å². The molecule has 160 valence electrons. The third-order valence-electron chi connectivity index (χ3n) is 5.56. The van der Waals surface area contributed by atoms with Crippen LogP contribution in [-0.2, 0) is 19.6 Å². The molecule has 8 heteroatoms. The fourth-order valence-electron chi connectivity index (χ4n) is 3.84. The average Bonchev–Trinajstić information content (AvgIpc) is 2.72. The molecule has 0 aromatic heterocycles. The number of esters is 1. The van der Waals surface area contributed by atoms with Crippen molar-refractivity contribution in [3.63, 3.8) is 0 Å². The maximum atomic E-state index is 12.8. The largest absolute Gasteiger partial charge is 0.452 e. The smallest absolute Gasteiger partial charge is 0.338 e. The number of piperidine rings is 1. The monoisotopic (exact) mass is 422 g/mol. The Kier molecular flexibility index (Phi) is 7.66. The van der Waals surface area contributed by atoms with E-state index in [-0.39, 0.29) is 23.0 Å². The summed E-state index contributed by atoms with van der Waals surface area (Å²) in [6.07, 6.45) is 8.09. The lowest BCUT2D eigenvalue weighted by molar-refractivity contribution is -0.134. The van der Waals surface area contributed by atoms with Crippen LogP contribution in [0, 0.1) is 0 Å². The molecule has 0 saturated carbocycles. The minimum Gasteiger partial charge on any atom is -0.452 e. The van der Waals surface area contributed by atoms with Crippen molar-refractivity contribution in [2.24, 2.45) is 0 Å². The van der Waals surface area contributed by atoms with Gasteiger partial charge in [0, 0.05) is 26.2 Å². The van der Waals surface area contributed by atoms with Gasteiger partial charge < -0.3 is 9.64 Å². The van der Waals surface area contributed by atoms with E-state index in [2.05, 4.69) is 0 Å². The Morgan fingerprint density at radius 2 is 1.45 bits per heavy atom. The number of hydrogen-bond donors (Lipinski definition) is 0. The molecule has 0 radical (unpaired) electrons. The molecule has 2 fully saturated rings. The van der Waals surface area contributed by atoms with Gasteiger partial charge in [-0.15, -0.1) is 0 Å². The molecule has 1 amide bonds. The standard InChI is InChI=1S/C21H30N2O5S/c24-20(22-12-5-2-1-3-6-13-22)17-28-21(25)18-10-9-11-19(16-18)29(26,27)23-14-7-4-8-15-23/h9-11,16H,1-8,12-15,17H2. The normalized spacial score (nSPS) is 19.2. The summed E-state index contributed by atoms with van der Waals surface area (Å²) in [6.45, 7) is 2.07. The maximum absolute atomic E-state index is 12.8. The van der Waals surface area contributed by atoms with E-state index in [1.54, 1.807) is 4.90 Å². The Balaban J connectivity index is 1.61. The molecule has 0 aliphatic carbocycles. The highest BCUT2D eigenvalue weighted by atomic mass is 32.2. The molecule has 2 heterocycles. The summed E-state index contributed by atoms with van der Waals surface area (Å²) in [4.78, 5) is 26.6. The quantitative estimate of drug-likeness (QED) is 0.682. The number of nitrogens with zero attached hydrogens (tertiary/aromatic N) is 2. The molecule has 0 atom stereocenters. The second-order valence-electron chi connectivity index (χ2n) is 7.72. The van der Waals surface area contributed by atoms with E-state index in [4.69, 9.17) is 4.74 Å². The van der Waals surface area contributed by atoms with Crippen molar-refractivity contribution in [1.29, 1.82) is 0 Å². The molecule has 1 aromatic carbocycles. The molecule has 0 unspecified atom stereocenters. The Morgan fingerprint density at radius 1 is 0.862 bits per heavy atom. The first-order valence-corrected chi connectivity index (χ1v) is 12.0. The first-order chi connectivity index (χ1) is 14.0. The zero-order valence-corrected chi connectivity index (χ0v) is 17.7. The van der Waals surface area contributed by atoms with Crippen LogP contribution in [0.3, 0.4) is 0 Å². The number of carbonyl (C=O) groups excluding carboxylic acids is 2. The van der Waals surface area contributed by atoms with Gasteiger partial charge >= 0.3 is 5.97 Å². The van der Waals surface area contributed by atoms with Crippen molar-refractivity contribution < 1.29 is 22.7 Å². The number of carbonyl (C=O) groups is 2. The number of rotatable bonds is 5. The Morgan fingerprint density at radius 3 is 2.14 bits per heavy atom. The molecule has 29 heavy (non-hydrogen) atoms. The summed E-state index contributed by atoms with van der Waals surface area (Å²) in [5, 5.41) is 0. The first-order valence-electron chi connectivity index (χ1n) is 10.5. The molecule has 3 rings (SSSR count). The van der Waals surface area contributed by atoms with Crippen LogP contribution in [0.5, 0.6) is 0 Å². The second-order valence-corrected chi connectivity index (χ2v) is 9.66. The van der Waals surface area contributed by atoms with Crippen molar-refractivity contribution in [2.45, 2.75) is 56.3 Å². The zero-order valence-electron chi connectivity index (χ0n) is 16.8. The summed E-state index contributed by atoms with van der Waals surface area (Å²) in [7, 11) is -3.62. The highest BCUT2D eigenvalue weighted by Crippen LogP contribution is 2.21. The molecular formula is C21H30N2O5S. The van der Waals surface area contributed by atoms with Crippen LogP contribution in [0.1, 0.15) is 61.7 Å². The molecule has 0 spiro atoms. The van der Waals surface area contributed by atoms with Crippen LogP contribution >= 0.6 is 0 Å². The maximum Gasteiger partial charge on any atom is 0.338 e. The predicted molar refractivity (Wildman–Crippen MR) is 109 cm³/mol. The molecule has 2 saturated heterocycles. The Bertz CT molecular complexity index is 810.